The number of aromatic nitrogens is 3. The number of nitrogens with zero attached hydrogens (tertiary/aromatic N) is 2. The Hall–Kier alpha value is -2.74. The van der Waals surface area contributed by atoms with E-state index in [4.69, 9.17) is 0 Å². The standard InChI is InChI=1S/C18H16F2N4OS/c1-11(14-8-7-13(19)9-15(14)20)21-16(25)10-26-18-22-17(23-24-18)12-5-3-2-4-6-12/h2-9,11H,10H2,1H3,(H,21,25)(H,22,23,24)/t11-/m1/s1. The van der Waals surface area contributed by atoms with Crippen LogP contribution in [0.3, 0.4) is 0 Å². The zero-order valence-electron chi connectivity index (χ0n) is 13.9. The first-order chi connectivity index (χ1) is 12.5. The summed E-state index contributed by atoms with van der Waals surface area (Å²) in [6.45, 7) is 1.64. The van der Waals surface area contributed by atoms with E-state index >= 15 is 0 Å². The fraction of sp³-hybridized carbons (Fsp3) is 0.167. The number of H-pyrrole nitrogens is 1. The van der Waals surface area contributed by atoms with Gasteiger partial charge in [0, 0.05) is 17.2 Å². The van der Waals surface area contributed by atoms with Gasteiger partial charge in [0.05, 0.1) is 11.8 Å². The van der Waals surface area contributed by atoms with Crippen LogP contribution in [0.5, 0.6) is 0 Å². The molecule has 134 valence electrons. The Bertz CT molecular complexity index is 901. The fourth-order valence-electron chi connectivity index (χ4n) is 2.38. The minimum atomic E-state index is -0.688. The SMILES string of the molecule is C[C@@H](NC(=O)CSc1n[nH]c(-c2ccccc2)n1)c1ccc(F)cc1F. The van der Waals surface area contributed by atoms with E-state index in [1.54, 1.807) is 6.92 Å². The number of thioether (sulfide) groups is 1. The molecule has 0 aliphatic rings. The lowest BCUT2D eigenvalue weighted by Crippen LogP contribution is -2.28. The molecule has 0 unspecified atom stereocenters. The van der Waals surface area contributed by atoms with Gasteiger partial charge in [0.15, 0.2) is 5.82 Å². The zero-order valence-corrected chi connectivity index (χ0v) is 14.7. The molecule has 26 heavy (non-hydrogen) atoms. The molecule has 1 atom stereocenters. The minimum absolute atomic E-state index is 0.0826. The molecule has 0 saturated carbocycles. The molecule has 0 radical (unpaired) electrons. The van der Waals surface area contributed by atoms with Crippen molar-refractivity contribution in [1.29, 1.82) is 0 Å². The summed E-state index contributed by atoms with van der Waals surface area (Å²) in [4.78, 5) is 16.4. The summed E-state index contributed by atoms with van der Waals surface area (Å²) in [6, 6.07) is 12.2. The first kappa shape index (κ1) is 18.1. The van der Waals surface area contributed by atoms with Crippen molar-refractivity contribution in [3.05, 3.63) is 65.7 Å². The Morgan fingerprint density at radius 3 is 2.73 bits per heavy atom. The molecule has 0 fully saturated rings. The monoisotopic (exact) mass is 374 g/mol. The largest absolute Gasteiger partial charge is 0.349 e. The lowest BCUT2D eigenvalue weighted by molar-refractivity contribution is -0.119. The van der Waals surface area contributed by atoms with E-state index in [1.807, 2.05) is 30.3 Å². The number of hydrogen-bond donors (Lipinski definition) is 2. The van der Waals surface area contributed by atoms with E-state index in [-0.39, 0.29) is 17.2 Å². The van der Waals surface area contributed by atoms with Crippen molar-refractivity contribution in [3.8, 4) is 11.4 Å². The van der Waals surface area contributed by atoms with Gasteiger partial charge in [-0.25, -0.2) is 13.8 Å². The highest BCUT2D eigenvalue weighted by Gasteiger charge is 2.15. The van der Waals surface area contributed by atoms with Crippen molar-refractivity contribution in [2.45, 2.75) is 18.1 Å². The van der Waals surface area contributed by atoms with Gasteiger partial charge in [-0.3, -0.25) is 9.89 Å². The van der Waals surface area contributed by atoms with Gasteiger partial charge in [-0.2, -0.15) is 0 Å². The van der Waals surface area contributed by atoms with Crippen LogP contribution in [0.4, 0.5) is 8.78 Å². The van der Waals surface area contributed by atoms with E-state index < -0.39 is 17.7 Å². The maximum absolute atomic E-state index is 13.7. The van der Waals surface area contributed by atoms with Crippen LogP contribution in [0.2, 0.25) is 0 Å². The molecule has 3 aromatic rings. The number of hydrogen-bond acceptors (Lipinski definition) is 4. The van der Waals surface area contributed by atoms with Gasteiger partial charge >= 0.3 is 0 Å². The molecule has 1 aromatic heterocycles. The average Bonchev–Trinajstić information content (AvgIpc) is 3.09. The first-order valence-corrected chi connectivity index (χ1v) is 8.86. The first-order valence-electron chi connectivity index (χ1n) is 7.88. The van der Waals surface area contributed by atoms with Crippen molar-refractivity contribution in [2.75, 3.05) is 5.75 Å². The van der Waals surface area contributed by atoms with Crippen molar-refractivity contribution >= 4 is 17.7 Å². The van der Waals surface area contributed by atoms with Crippen LogP contribution in [-0.2, 0) is 4.79 Å². The summed E-state index contributed by atoms with van der Waals surface area (Å²) in [7, 11) is 0. The van der Waals surface area contributed by atoms with E-state index in [0.29, 0.717) is 11.0 Å². The molecule has 0 spiro atoms. The highest BCUT2D eigenvalue weighted by Crippen LogP contribution is 2.20. The molecule has 0 bridgehead atoms. The molecule has 1 heterocycles. The van der Waals surface area contributed by atoms with Crippen molar-refractivity contribution in [1.82, 2.24) is 20.5 Å². The summed E-state index contributed by atoms with van der Waals surface area (Å²) in [6.07, 6.45) is 0. The molecule has 2 aromatic carbocycles. The van der Waals surface area contributed by atoms with E-state index in [1.165, 1.54) is 17.8 Å². The van der Waals surface area contributed by atoms with Gasteiger partial charge in [0.1, 0.15) is 11.6 Å². The number of halogens is 2. The molecule has 3 rings (SSSR count). The number of aromatic amines is 1. The predicted octanol–water partition coefficient (Wildman–Crippen LogP) is 3.72. The lowest BCUT2D eigenvalue weighted by atomic mass is 10.1. The number of nitrogens with one attached hydrogen (secondary N) is 2. The maximum atomic E-state index is 13.7. The Labute approximate surface area is 153 Å². The summed E-state index contributed by atoms with van der Waals surface area (Å²) < 4.78 is 26.7. The third-order valence-corrected chi connectivity index (χ3v) is 4.50. The predicted molar refractivity (Wildman–Crippen MR) is 95.5 cm³/mol. The quantitative estimate of drug-likeness (QED) is 0.645. The second-order valence-corrected chi connectivity index (χ2v) is 6.52. The second kappa shape index (κ2) is 8.09. The highest BCUT2D eigenvalue weighted by atomic mass is 32.2. The van der Waals surface area contributed by atoms with Crippen molar-refractivity contribution in [3.63, 3.8) is 0 Å². The lowest BCUT2D eigenvalue weighted by Gasteiger charge is -2.14. The van der Waals surface area contributed by atoms with Crippen molar-refractivity contribution in [2.24, 2.45) is 0 Å². The molecular weight excluding hydrogens is 358 g/mol. The summed E-state index contributed by atoms with van der Waals surface area (Å²) in [5.74, 6) is -0.933. The van der Waals surface area contributed by atoms with Gasteiger partial charge in [-0.15, -0.1) is 5.10 Å². The Morgan fingerprint density at radius 1 is 1.23 bits per heavy atom. The topological polar surface area (TPSA) is 70.7 Å². The van der Waals surface area contributed by atoms with Crippen LogP contribution in [-0.4, -0.2) is 26.8 Å². The molecule has 1 amide bonds. The number of carbonyl (C=O) groups is 1. The van der Waals surface area contributed by atoms with Crippen LogP contribution in [0.15, 0.2) is 53.7 Å². The molecule has 5 nitrogen and oxygen atoms in total. The fourth-order valence-corrected chi connectivity index (χ4v) is 2.99. The van der Waals surface area contributed by atoms with Crippen LogP contribution in [0.1, 0.15) is 18.5 Å². The molecule has 0 saturated heterocycles. The normalized spacial score (nSPS) is 12.0. The summed E-state index contributed by atoms with van der Waals surface area (Å²) in [5.41, 5.74) is 1.13. The molecule has 8 heteroatoms. The Balaban J connectivity index is 1.55. The zero-order chi connectivity index (χ0) is 18.5. The van der Waals surface area contributed by atoms with Crippen LogP contribution in [0, 0.1) is 11.6 Å². The Kier molecular flexibility index (Phi) is 5.62. The van der Waals surface area contributed by atoms with Gasteiger partial charge in [-0.05, 0) is 13.0 Å². The minimum Gasteiger partial charge on any atom is -0.349 e. The average molecular weight is 374 g/mol. The van der Waals surface area contributed by atoms with Gasteiger partial charge in [-0.1, -0.05) is 48.2 Å². The number of benzene rings is 2. The summed E-state index contributed by atoms with van der Waals surface area (Å²) >= 11 is 1.17. The molecule has 0 aliphatic heterocycles. The smallest absolute Gasteiger partial charge is 0.230 e. The maximum Gasteiger partial charge on any atom is 0.230 e. The second-order valence-electron chi connectivity index (χ2n) is 5.58. The molecule has 2 N–H and O–H groups in total. The van der Waals surface area contributed by atoms with E-state index in [2.05, 4.69) is 20.5 Å². The number of rotatable bonds is 6. The van der Waals surface area contributed by atoms with Gasteiger partial charge in [0.2, 0.25) is 11.1 Å². The molecule has 0 aliphatic carbocycles. The third kappa shape index (κ3) is 4.45. The van der Waals surface area contributed by atoms with Crippen LogP contribution in [0.25, 0.3) is 11.4 Å². The highest BCUT2D eigenvalue weighted by molar-refractivity contribution is 7.99. The molecular formula is C18H16F2N4OS. The van der Waals surface area contributed by atoms with E-state index in [9.17, 15) is 13.6 Å². The third-order valence-electron chi connectivity index (χ3n) is 3.65. The van der Waals surface area contributed by atoms with Crippen LogP contribution < -0.4 is 5.32 Å². The number of amides is 1. The Morgan fingerprint density at radius 2 is 2.00 bits per heavy atom. The van der Waals surface area contributed by atoms with E-state index in [0.717, 1.165) is 17.7 Å². The number of carbonyl (C=O) groups excluding carboxylic acids is 1. The summed E-state index contributed by atoms with van der Waals surface area (Å²) in [5, 5.41) is 10.0. The van der Waals surface area contributed by atoms with Crippen LogP contribution >= 0.6 is 11.8 Å². The van der Waals surface area contributed by atoms with Crippen molar-refractivity contribution < 1.29 is 13.6 Å². The van der Waals surface area contributed by atoms with Gasteiger partial charge in [0.25, 0.3) is 0 Å². The van der Waals surface area contributed by atoms with Gasteiger partial charge < -0.3 is 5.32 Å².